The fourth-order valence-corrected chi connectivity index (χ4v) is 4.01. The van der Waals surface area contributed by atoms with Crippen LogP contribution in [-0.4, -0.2) is 28.4 Å². The molecule has 0 aromatic heterocycles. The van der Waals surface area contributed by atoms with Crippen molar-refractivity contribution in [1.29, 1.82) is 0 Å². The minimum absolute atomic E-state index is 0.302. The van der Waals surface area contributed by atoms with Gasteiger partial charge in [0.15, 0.2) is 11.5 Å². The van der Waals surface area contributed by atoms with Crippen LogP contribution >= 0.6 is 0 Å². The first kappa shape index (κ1) is 19.9. The van der Waals surface area contributed by atoms with Crippen LogP contribution in [0.15, 0.2) is 48.5 Å². The van der Waals surface area contributed by atoms with E-state index < -0.39 is 0 Å². The number of benzene rings is 3. The zero-order valence-corrected chi connectivity index (χ0v) is 17.5. The molecule has 3 aromatic rings. The Morgan fingerprint density at radius 3 is 2.17 bits per heavy atom. The SMILES string of the molecule is COc1cc2c(cc1N)C(c1ccccc1)OCc1cc(OC)c(OC)c(OC)c1-2. The van der Waals surface area contributed by atoms with Gasteiger partial charge in [0.25, 0.3) is 0 Å². The van der Waals surface area contributed by atoms with Crippen molar-refractivity contribution < 1.29 is 23.7 Å². The fourth-order valence-electron chi connectivity index (χ4n) is 4.01. The third-order valence-corrected chi connectivity index (χ3v) is 5.37. The molecule has 0 spiro atoms. The molecule has 30 heavy (non-hydrogen) atoms. The molecule has 156 valence electrons. The van der Waals surface area contributed by atoms with Gasteiger partial charge in [0.1, 0.15) is 11.9 Å². The molecule has 2 N–H and O–H groups in total. The van der Waals surface area contributed by atoms with Crippen molar-refractivity contribution >= 4 is 5.69 Å². The molecule has 0 radical (unpaired) electrons. The van der Waals surface area contributed by atoms with Crippen LogP contribution in [0.2, 0.25) is 0 Å². The van der Waals surface area contributed by atoms with Crippen LogP contribution in [0.5, 0.6) is 23.0 Å². The molecular weight excluding hydrogens is 382 g/mol. The van der Waals surface area contributed by atoms with Crippen molar-refractivity contribution in [3.05, 3.63) is 65.2 Å². The second kappa shape index (κ2) is 8.16. The topological polar surface area (TPSA) is 72.2 Å². The van der Waals surface area contributed by atoms with Gasteiger partial charge in [-0.25, -0.2) is 0 Å². The molecule has 0 bridgehead atoms. The largest absolute Gasteiger partial charge is 0.495 e. The van der Waals surface area contributed by atoms with Gasteiger partial charge in [0.05, 0.1) is 40.7 Å². The van der Waals surface area contributed by atoms with Gasteiger partial charge in [0, 0.05) is 5.56 Å². The first-order valence-electron chi connectivity index (χ1n) is 9.59. The Morgan fingerprint density at radius 2 is 1.53 bits per heavy atom. The highest BCUT2D eigenvalue weighted by Gasteiger charge is 2.31. The Hall–Kier alpha value is -3.38. The lowest BCUT2D eigenvalue weighted by molar-refractivity contribution is 0.0691. The maximum atomic E-state index is 6.39. The van der Waals surface area contributed by atoms with Crippen LogP contribution in [0.4, 0.5) is 5.69 Å². The summed E-state index contributed by atoms with van der Waals surface area (Å²) < 4.78 is 28.9. The highest BCUT2D eigenvalue weighted by molar-refractivity contribution is 5.85. The molecule has 1 heterocycles. The van der Waals surface area contributed by atoms with E-state index in [1.165, 1.54) is 0 Å². The molecule has 3 aromatic carbocycles. The molecule has 1 aliphatic heterocycles. The van der Waals surface area contributed by atoms with Crippen molar-refractivity contribution in [3.8, 4) is 34.1 Å². The van der Waals surface area contributed by atoms with Gasteiger partial charge in [-0.1, -0.05) is 30.3 Å². The van der Waals surface area contributed by atoms with Crippen molar-refractivity contribution in [2.75, 3.05) is 34.2 Å². The summed E-state index contributed by atoms with van der Waals surface area (Å²) in [6, 6.07) is 15.8. The molecule has 6 heteroatoms. The molecule has 1 aliphatic rings. The molecule has 0 fully saturated rings. The Bertz CT molecular complexity index is 1070. The summed E-state index contributed by atoms with van der Waals surface area (Å²) in [5.74, 6) is 2.28. The molecule has 6 nitrogen and oxygen atoms in total. The lowest BCUT2D eigenvalue weighted by Gasteiger charge is -2.21. The third-order valence-electron chi connectivity index (χ3n) is 5.37. The van der Waals surface area contributed by atoms with Crippen LogP contribution in [0, 0.1) is 0 Å². The summed E-state index contributed by atoms with van der Waals surface area (Å²) in [6.45, 7) is 0.364. The van der Waals surface area contributed by atoms with E-state index in [4.69, 9.17) is 29.4 Å². The average molecular weight is 407 g/mol. The van der Waals surface area contributed by atoms with Gasteiger partial charge in [-0.2, -0.15) is 0 Å². The maximum Gasteiger partial charge on any atom is 0.203 e. The summed E-state index contributed by atoms with van der Waals surface area (Å²) in [5.41, 5.74) is 11.5. The van der Waals surface area contributed by atoms with Gasteiger partial charge in [-0.05, 0) is 40.5 Å². The number of hydrogen-bond acceptors (Lipinski definition) is 6. The summed E-state index contributed by atoms with van der Waals surface area (Å²) in [6.07, 6.45) is -0.302. The lowest BCUT2D eigenvalue weighted by Crippen LogP contribution is -2.06. The first-order chi connectivity index (χ1) is 14.6. The Labute approximate surface area is 176 Å². The minimum atomic E-state index is -0.302. The average Bonchev–Trinajstić information content (AvgIpc) is 2.94. The van der Waals surface area contributed by atoms with Crippen molar-refractivity contribution in [1.82, 2.24) is 0 Å². The molecule has 0 aliphatic carbocycles. The van der Waals surface area contributed by atoms with E-state index in [-0.39, 0.29) is 6.10 Å². The smallest absolute Gasteiger partial charge is 0.203 e. The number of hydrogen-bond donors (Lipinski definition) is 1. The number of methoxy groups -OCH3 is 4. The predicted molar refractivity (Wildman–Crippen MR) is 116 cm³/mol. The summed E-state index contributed by atoms with van der Waals surface area (Å²) in [7, 11) is 6.42. The van der Waals surface area contributed by atoms with Gasteiger partial charge in [0.2, 0.25) is 5.75 Å². The Balaban J connectivity index is 2.06. The van der Waals surface area contributed by atoms with Crippen LogP contribution in [0.25, 0.3) is 11.1 Å². The molecule has 0 amide bonds. The van der Waals surface area contributed by atoms with Gasteiger partial charge >= 0.3 is 0 Å². The van der Waals surface area contributed by atoms with Crippen LogP contribution < -0.4 is 24.7 Å². The van der Waals surface area contributed by atoms with Crippen molar-refractivity contribution in [2.45, 2.75) is 12.7 Å². The fraction of sp³-hybridized carbons (Fsp3) is 0.250. The molecule has 0 saturated heterocycles. The summed E-state index contributed by atoms with van der Waals surface area (Å²) in [5, 5.41) is 0. The number of anilines is 1. The Morgan fingerprint density at radius 1 is 0.833 bits per heavy atom. The quantitative estimate of drug-likeness (QED) is 0.624. The second-order valence-corrected chi connectivity index (χ2v) is 6.96. The minimum Gasteiger partial charge on any atom is -0.495 e. The lowest BCUT2D eigenvalue weighted by atomic mass is 9.90. The van der Waals surface area contributed by atoms with Crippen LogP contribution in [0.3, 0.4) is 0 Å². The second-order valence-electron chi connectivity index (χ2n) is 6.96. The molecule has 1 unspecified atom stereocenters. The zero-order valence-electron chi connectivity index (χ0n) is 17.5. The van der Waals surface area contributed by atoms with E-state index >= 15 is 0 Å². The van der Waals surface area contributed by atoms with Crippen molar-refractivity contribution in [3.63, 3.8) is 0 Å². The highest BCUT2D eigenvalue weighted by Crippen LogP contribution is 2.52. The van der Waals surface area contributed by atoms with E-state index in [2.05, 4.69) is 0 Å². The van der Waals surface area contributed by atoms with Gasteiger partial charge in [-0.3, -0.25) is 0 Å². The third kappa shape index (κ3) is 3.19. The first-order valence-corrected chi connectivity index (χ1v) is 9.59. The number of nitrogens with two attached hydrogens (primary N) is 1. The normalized spacial score (nSPS) is 14.9. The molecule has 4 rings (SSSR count). The highest BCUT2D eigenvalue weighted by atomic mass is 16.5. The van der Waals surface area contributed by atoms with Crippen LogP contribution in [-0.2, 0) is 11.3 Å². The van der Waals surface area contributed by atoms with E-state index in [9.17, 15) is 0 Å². The van der Waals surface area contributed by atoms with E-state index in [0.29, 0.717) is 35.3 Å². The van der Waals surface area contributed by atoms with Gasteiger partial charge in [-0.15, -0.1) is 0 Å². The standard InChI is InChI=1S/C24H25NO5/c1-26-19-12-16-17(11-18(19)25)22(14-8-6-5-7-9-14)30-13-15-10-20(27-2)23(28-3)24(29-4)21(15)16/h5-12,22H,13,25H2,1-4H3. The van der Waals surface area contributed by atoms with Crippen molar-refractivity contribution in [2.24, 2.45) is 0 Å². The van der Waals surface area contributed by atoms with E-state index in [0.717, 1.165) is 27.8 Å². The molecule has 0 saturated carbocycles. The molecular formula is C24H25NO5. The summed E-state index contributed by atoms with van der Waals surface area (Å²) >= 11 is 0. The maximum absolute atomic E-state index is 6.39. The predicted octanol–water partition coefficient (Wildman–Crippen LogP) is 4.59. The van der Waals surface area contributed by atoms with E-state index in [1.807, 2.05) is 48.5 Å². The number of ether oxygens (including phenoxy) is 5. The van der Waals surface area contributed by atoms with E-state index in [1.54, 1.807) is 28.4 Å². The number of nitrogen functional groups attached to an aromatic ring is 1. The molecule has 1 atom stereocenters. The Kier molecular flexibility index (Phi) is 5.42. The zero-order chi connectivity index (χ0) is 21.3. The monoisotopic (exact) mass is 407 g/mol. The summed E-state index contributed by atoms with van der Waals surface area (Å²) in [4.78, 5) is 0. The number of fused-ring (bicyclic) bond motifs is 3. The van der Waals surface area contributed by atoms with Gasteiger partial charge < -0.3 is 29.4 Å². The van der Waals surface area contributed by atoms with Crippen LogP contribution in [0.1, 0.15) is 22.8 Å². The number of rotatable bonds is 5.